The van der Waals surface area contributed by atoms with E-state index in [1.807, 2.05) is 48.5 Å². The van der Waals surface area contributed by atoms with E-state index in [0.29, 0.717) is 18.7 Å². The predicted molar refractivity (Wildman–Crippen MR) is 97.1 cm³/mol. The first-order valence-electron chi connectivity index (χ1n) is 8.14. The first kappa shape index (κ1) is 16.7. The van der Waals surface area contributed by atoms with Crippen molar-refractivity contribution in [3.8, 4) is 0 Å². The molecule has 0 aliphatic carbocycles. The number of carbonyl (C=O) groups is 2. The zero-order valence-corrected chi connectivity index (χ0v) is 14.0. The first-order valence-corrected chi connectivity index (χ1v) is 8.14. The number of aromatic nitrogens is 2. The van der Waals surface area contributed by atoms with Crippen molar-refractivity contribution in [1.82, 2.24) is 15.1 Å². The Balaban J connectivity index is 1.59. The molecule has 2 aromatic carbocycles. The van der Waals surface area contributed by atoms with E-state index in [4.69, 9.17) is 0 Å². The number of hydrogen-bond donors (Lipinski definition) is 2. The lowest BCUT2D eigenvalue weighted by Crippen LogP contribution is -2.37. The highest BCUT2D eigenvalue weighted by molar-refractivity contribution is 5.96. The summed E-state index contributed by atoms with van der Waals surface area (Å²) < 4.78 is 0. The van der Waals surface area contributed by atoms with Gasteiger partial charge in [0.1, 0.15) is 0 Å². The van der Waals surface area contributed by atoms with E-state index in [-0.39, 0.29) is 18.4 Å². The summed E-state index contributed by atoms with van der Waals surface area (Å²) in [6.45, 7) is 2.02. The molecule has 3 rings (SSSR count). The Hall–Kier alpha value is -3.15. The third kappa shape index (κ3) is 4.44. The van der Waals surface area contributed by atoms with Crippen LogP contribution in [0.1, 0.15) is 12.5 Å². The molecule has 25 heavy (non-hydrogen) atoms. The molecule has 1 aromatic heterocycles. The summed E-state index contributed by atoms with van der Waals surface area (Å²) in [4.78, 5) is 25.7. The zero-order chi connectivity index (χ0) is 17.6. The van der Waals surface area contributed by atoms with Crippen LogP contribution in [0.15, 0.2) is 54.7 Å². The summed E-state index contributed by atoms with van der Waals surface area (Å²) in [5, 5.41) is 10.6. The Bertz CT molecular complexity index is 873. The Morgan fingerprint density at radius 2 is 1.96 bits per heavy atom. The molecule has 0 radical (unpaired) electrons. The highest BCUT2D eigenvalue weighted by atomic mass is 16.2. The molecule has 0 atom stereocenters. The molecular weight excluding hydrogens is 316 g/mol. The molecule has 0 saturated heterocycles. The van der Waals surface area contributed by atoms with Gasteiger partial charge in [-0.2, -0.15) is 5.10 Å². The van der Waals surface area contributed by atoms with Crippen LogP contribution < -0.4 is 5.32 Å². The van der Waals surface area contributed by atoms with E-state index in [1.54, 1.807) is 11.1 Å². The summed E-state index contributed by atoms with van der Waals surface area (Å²) >= 11 is 0. The number of hydrogen-bond acceptors (Lipinski definition) is 3. The molecule has 2 amide bonds. The lowest BCUT2D eigenvalue weighted by atomic mass is 10.1. The number of aromatic amines is 1. The molecule has 0 aliphatic heterocycles. The number of anilines is 1. The minimum Gasteiger partial charge on any atom is -0.333 e. The number of carbonyl (C=O) groups excluding carboxylic acids is 2. The average molecular weight is 336 g/mol. The number of fused-ring (bicyclic) bond motifs is 1. The van der Waals surface area contributed by atoms with Crippen LogP contribution in [0.2, 0.25) is 0 Å². The standard InChI is InChI=1S/C19H20N4O2/c1-14(24)23(10-9-15-5-3-2-4-6-15)13-19(25)21-17-8-7-16-12-20-22-18(16)11-17/h2-8,11-12H,9-10,13H2,1H3,(H,20,22)(H,21,25). The van der Waals surface area contributed by atoms with Gasteiger partial charge in [-0.3, -0.25) is 14.7 Å². The van der Waals surface area contributed by atoms with Gasteiger partial charge in [-0.25, -0.2) is 0 Å². The fraction of sp³-hybridized carbons (Fsp3) is 0.211. The summed E-state index contributed by atoms with van der Waals surface area (Å²) in [7, 11) is 0. The summed E-state index contributed by atoms with van der Waals surface area (Å²) in [5.74, 6) is -0.336. The van der Waals surface area contributed by atoms with E-state index in [1.165, 1.54) is 6.92 Å². The third-order valence-electron chi connectivity index (χ3n) is 4.02. The van der Waals surface area contributed by atoms with Crippen LogP contribution in [0, 0.1) is 0 Å². The zero-order valence-electron chi connectivity index (χ0n) is 14.0. The topological polar surface area (TPSA) is 78.1 Å². The molecule has 0 saturated carbocycles. The lowest BCUT2D eigenvalue weighted by Gasteiger charge is -2.20. The fourth-order valence-electron chi connectivity index (χ4n) is 2.65. The van der Waals surface area contributed by atoms with E-state index < -0.39 is 0 Å². The minimum absolute atomic E-state index is 0.0309. The lowest BCUT2D eigenvalue weighted by molar-refractivity contribution is -0.132. The average Bonchev–Trinajstić information content (AvgIpc) is 3.07. The van der Waals surface area contributed by atoms with Gasteiger partial charge in [-0.15, -0.1) is 0 Å². The van der Waals surface area contributed by atoms with Gasteiger partial charge in [-0.1, -0.05) is 30.3 Å². The number of nitrogens with one attached hydrogen (secondary N) is 2. The monoisotopic (exact) mass is 336 g/mol. The molecule has 128 valence electrons. The SMILES string of the molecule is CC(=O)N(CCc1ccccc1)CC(=O)Nc1ccc2cn[nH]c2c1. The van der Waals surface area contributed by atoms with E-state index in [2.05, 4.69) is 15.5 Å². The van der Waals surface area contributed by atoms with Crippen molar-refractivity contribution in [1.29, 1.82) is 0 Å². The Morgan fingerprint density at radius 3 is 2.72 bits per heavy atom. The molecule has 0 fully saturated rings. The number of H-pyrrole nitrogens is 1. The third-order valence-corrected chi connectivity index (χ3v) is 4.02. The Kier molecular flexibility index (Phi) is 5.09. The molecule has 2 N–H and O–H groups in total. The van der Waals surface area contributed by atoms with Crippen LogP contribution in [0.25, 0.3) is 10.9 Å². The van der Waals surface area contributed by atoms with E-state index in [0.717, 1.165) is 16.5 Å². The van der Waals surface area contributed by atoms with Crippen molar-refractivity contribution in [2.45, 2.75) is 13.3 Å². The van der Waals surface area contributed by atoms with Crippen LogP contribution in [0.4, 0.5) is 5.69 Å². The van der Waals surface area contributed by atoms with Gasteiger partial charge in [0.15, 0.2) is 0 Å². The van der Waals surface area contributed by atoms with Gasteiger partial charge < -0.3 is 10.2 Å². The molecule has 0 bridgehead atoms. The highest BCUT2D eigenvalue weighted by Gasteiger charge is 2.14. The Morgan fingerprint density at radius 1 is 1.16 bits per heavy atom. The normalized spacial score (nSPS) is 10.6. The fourth-order valence-corrected chi connectivity index (χ4v) is 2.65. The van der Waals surface area contributed by atoms with Crippen molar-refractivity contribution in [2.75, 3.05) is 18.4 Å². The molecule has 1 heterocycles. The molecule has 0 aliphatic rings. The molecule has 0 unspecified atom stereocenters. The summed E-state index contributed by atoms with van der Waals surface area (Å²) in [5.41, 5.74) is 2.66. The maximum absolute atomic E-state index is 12.3. The maximum Gasteiger partial charge on any atom is 0.243 e. The van der Waals surface area contributed by atoms with Gasteiger partial charge >= 0.3 is 0 Å². The number of rotatable bonds is 6. The van der Waals surface area contributed by atoms with Gasteiger partial charge in [0.25, 0.3) is 0 Å². The summed E-state index contributed by atoms with van der Waals surface area (Å²) in [6.07, 6.45) is 2.44. The molecule has 3 aromatic rings. The highest BCUT2D eigenvalue weighted by Crippen LogP contribution is 2.16. The minimum atomic E-state index is -0.220. The van der Waals surface area contributed by atoms with Crippen LogP contribution in [0.5, 0.6) is 0 Å². The second-order valence-corrected chi connectivity index (χ2v) is 5.90. The van der Waals surface area contributed by atoms with Gasteiger partial charge in [0, 0.05) is 24.5 Å². The van der Waals surface area contributed by atoms with Gasteiger partial charge in [0.2, 0.25) is 11.8 Å². The van der Waals surface area contributed by atoms with E-state index in [9.17, 15) is 9.59 Å². The van der Waals surface area contributed by atoms with Crippen molar-refractivity contribution in [3.05, 3.63) is 60.3 Å². The second kappa shape index (κ2) is 7.61. The maximum atomic E-state index is 12.3. The quantitative estimate of drug-likeness (QED) is 0.726. The van der Waals surface area contributed by atoms with Gasteiger partial charge in [0.05, 0.1) is 18.3 Å². The van der Waals surface area contributed by atoms with Crippen molar-refractivity contribution in [2.24, 2.45) is 0 Å². The van der Waals surface area contributed by atoms with Crippen molar-refractivity contribution in [3.63, 3.8) is 0 Å². The van der Waals surface area contributed by atoms with Crippen LogP contribution in [-0.2, 0) is 16.0 Å². The second-order valence-electron chi connectivity index (χ2n) is 5.90. The molecule has 0 spiro atoms. The predicted octanol–water partition coefficient (Wildman–Crippen LogP) is 2.59. The van der Waals surface area contributed by atoms with E-state index >= 15 is 0 Å². The molecule has 6 heteroatoms. The largest absolute Gasteiger partial charge is 0.333 e. The van der Waals surface area contributed by atoms with Crippen LogP contribution >= 0.6 is 0 Å². The number of nitrogens with zero attached hydrogens (tertiary/aromatic N) is 2. The summed E-state index contributed by atoms with van der Waals surface area (Å²) in [6, 6.07) is 15.4. The Labute approximate surface area is 145 Å². The molecular formula is C19H20N4O2. The van der Waals surface area contributed by atoms with Gasteiger partial charge in [-0.05, 0) is 30.2 Å². The van der Waals surface area contributed by atoms with Crippen molar-refractivity contribution < 1.29 is 9.59 Å². The smallest absolute Gasteiger partial charge is 0.243 e. The van der Waals surface area contributed by atoms with Crippen LogP contribution in [0.3, 0.4) is 0 Å². The van der Waals surface area contributed by atoms with Crippen molar-refractivity contribution >= 4 is 28.4 Å². The molecule has 6 nitrogen and oxygen atoms in total. The number of amides is 2. The first-order chi connectivity index (χ1) is 12.1. The number of benzene rings is 2. The van der Waals surface area contributed by atoms with Crippen LogP contribution in [-0.4, -0.2) is 40.0 Å².